The van der Waals surface area contributed by atoms with E-state index in [-0.39, 0.29) is 17.4 Å². The largest absolute Gasteiger partial charge is 0.480 e. The average molecular weight is 462 g/mol. The van der Waals surface area contributed by atoms with Crippen molar-refractivity contribution in [3.8, 4) is 11.1 Å². The standard InChI is InChI=1S/C27H27NO4S/c1-19(29)33-18-24(16-20-8-4-2-5-9-20)26(30)28-25(27(31)32)17-21-12-14-23(15-13-21)22-10-6-3-7-11-22/h2-15,24-25H,16-18H2,1H3,(H,28,30)(H,31,32)/t24-,25+/m1/s1. The fraction of sp³-hybridized carbons (Fsp3) is 0.222. The Morgan fingerprint density at radius 1 is 0.788 bits per heavy atom. The number of carbonyl (C=O) groups excluding carboxylic acids is 2. The Morgan fingerprint density at radius 3 is 1.91 bits per heavy atom. The lowest BCUT2D eigenvalue weighted by Gasteiger charge is -2.20. The Balaban J connectivity index is 1.69. The molecule has 0 saturated heterocycles. The van der Waals surface area contributed by atoms with Crippen LogP contribution in [0.5, 0.6) is 0 Å². The smallest absolute Gasteiger partial charge is 0.326 e. The lowest BCUT2D eigenvalue weighted by molar-refractivity contribution is -0.142. The molecule has 0 aliphatic carbocycles. The summed E-state index contributed by atoms with van der Waals surface area (Å²) in [6.45, 7) is 1.46. The number of carboxylic acid groups (broad SMARTS) is 1. The first-order valence-corrected chi connectivity index (χ1v) is 11.8. The monoisotopic (exact) mass is 461 g/mol. The van der Waals surface area contributed by atoms with Gasteiger partial charge in [0.25, 0.3) is 0 Å². The van der Waals surface area contributed by atoms with Crippen LogP contribution in [0.1, 0.15) is 18.1 Å². The molecule has 0 unspecified atom stereocenters. The molecule has 3 aromatic carbocycles. The first-order chi connectivity index (χ1) is 15.9. The molecule has 6 heteroatoms. The fourth-order valence-electron chi connectivity index (χ4n) is 3.53. The summed E-state index contributed by atoms with van der Waals surface area (Å²) >= 11 is 1.08. The quantitative estimate of drug-likeness (QED) is 0.461. The number of rotatable bonds is 10. The molecule has 5 nitrogen and oxygen atoms in total. The summed E-state index contributed by atoms with van der Waals surface area (Å²) in [5, 5.41) is 12.3. The van der Waals surface area contributed by atoms with E-state index >= 15 is 0 Å². The van der Waals surface area contributed by atoms with Crippen molar-refractivity contribution in [2.75, 3.05) is 5.75 Å². The van der Waals surface area contributed by atoms with Gasteiger partial charge in [-0.3, -0.25) is 9.59 Å². The molecule has 0 fully saturated rings. The molecule has 3 rings (SSSR count). The Labute approximate surface area is 198 Å². The minimum Gasteiger partial charge on any atom is -0.480 e. The van der Waals surface area contributed by atoms with Crippen molar-refractivity contribution < 1.29 is 19.5 Å². The maximum Gasteiger partial charge on any atom is 0.326 e. The molecule has 170 valence electrons. The Morgan fingerprint density at radius 2 is 1.33 bits per heavy atom. The number of carbonyl (C=O) groups is 3. The number of amides is 1. The molecule has 0 saturated carbocycles. The molecule has 3 aromatic rings. The number of hydrogen-bond acceptors (Lipinski definition) is 4. The van der Waals surface area contributed by atoms with Gasteiger partial charge in [-0.05, 0) is 28.7 Å². The highest BCUT2D eigenvalue weighted by molar-refractivity contribution is 8.13. The van der Waals surface area contributed by atoms with Crippen molar-refractivity contribution in [2.45, 2.75) is 25.8 Å². The highest BCUT2D eigenvalue weighted by Gasteiger charge is 2.26. The van der Waals surface area contributed by atoms with E-state index in [1.54, 1.807) is 0 Å². The summed E-state index contributed by atoms with van der Waals surface area (Å²) in [4.78, 5) is 36.4. The van der Waals surface area contributed by atoms with E-state index in [1.165, 1.54) is 6.92 Å². The molecule has 2 N–H and O–H groups in total. The Kier molecular flexibility index (Phi) is 8.84. The average Bonchev–Trinajstić information content (AvgIpc) is 2.82. The first kappa shape index (κ1) is 24.3. The number of benzene rings is 3. The van der Waals surface area contributed by atoms with Gasteiger partial charge in [0, 0.05) is 19.1 Å². The zero-order chi connectivity index (χ0) is 23.6. The van der Waals surface area contributed by atoms with E-state index in [4.69, 9.17) is 0 Å². The van der Waals surface area contributed by atoms with E-state index in [0.717, 1.165) is 34.0 Å². The van der Waals surface area contributed by atoms with Gasteiger partial charge in [0.05, 0.1) is 5.92 Å². The van der Waals surface area contributed by atoms with Crippen LogP contribution < -0.4 is 5.32 Å². The van der Waals surface area contributed by atoms with Crippen molar-refractivity contribution in [2.24, 2.45) is 5.92 Å². The number of aliphatic carboxylic acids is 1. The molecule has 0 radical (unpaired) electrons. The summed E-state index contributed by atoms with van der Waals surface area (Å²) in [6.07, 6.45) is 0.610. The van der Waals surface area contributed by atoms with Crippen LogP contribution in [-0.2, 0) is 27.2 Å². The van der Waals surface area contributed by atoms with E-state index in [9.17, 15) is 19.5 Å². The number of thioether (sulfide) groups is 1. The fourth-order valence-corrected chi connectivity index (χ4v) is 4.24. The highest BCUT2D eigenvalue weighted by Crippen LogP contribution is 2.20. The van der Waals surface area contributed by atoms with Crippen molar-refractivity contribution in [1.82, 2.24) is 5.32 Å². The zero-order valence-corrected chi connectivity index (χ0v) is 19.3. The predicted molar refractivity (Wildman–Crippen MR) is 132 cm³/mol. The van der Waals surface area contributed by atoms with E-state index in [1.807, 2.05) is 84.9 Å². The molecule has 0 aromatic heterocycles. The molecule has 0 aliphatic rings. The van der Waals surface area contributed by atoms with E-state index in [2.05, 4.69) is 5.32 Å². The second-order valence-corrected chi connectivity index (χ2v) is 9.05. The van der Waals surface area contributed by atoms with E-state index in [0.29, 0.717) is 12.2 Å². The van der Waals surface area contributed by atoms with Gasteiger partial charge in [0.15, 0.2) is 5.12 Å². The van der Waals surface area contributed by atoms with Crippen LogP contribution in [0.2, 0.25) is 0 Å². The van der Waals surface area contributed by atoms with Gasteiger partial charge in [0.2, 0.25) is 5.91 Å². The van der Waals surface area contributed by atoms with Gasteiger partial charge in [-0.1, -0.05) is 96.7 Å². The molecule has 2 atom stereocenters. The third-order valence-electron chi connectivity index (χ3n) is 5.30. The van der Waals surface area contributed by atoms with Gasteiger partial charge >= 0.3 is 5.97 Å². The highest BCUT2D eigenvalue weighted by atomic mass is 32.2. The Bertz CT molecular complexity index is 1070. The van der Waals surface area contributed by atoms with Crippen LogP contribution in [0.3, 0.4) is 0 Å². The summed E-state index contributed by atoms with van der Waals surface area (Å²) in [5.41, 5.74) is 3.91. The van der Waals surface area contributed by atoms with Crippen LogP contribution in [0, 0.1) is 5.92 Å². The molecule has 0 bridgehead atoms. The van der Waals surface area contributed by atoms with Crippen LogP contribution in [0.4, 0.5) is 0 Å². The Hall–Kier alpha value is -3.38. The number of carboxylic acids is 1. The van der Waals surface area contributed by atoms with Crippen LogP contribution in [0.25, 0.3) is 11.1 Å². The first-order valence-electron chi connectivity index (χ1n) is 10.8. The van der Waals surface area contributed by atoms with Gasteiger partial charge < -0.3 is 10.4 Å². The topological polar surface area (TPSA) is 83.5 Å². The molecular weight excluding hydrogens is 434 g/mol. The number of hydrogen-bond donors (Lipinski definition) is 2. The lowest BCUT2D eigenvalue weighted by atomic mass is 9.98. The number of nitrogens with one attached hydrogen (secondary N) is 1. The van der Waals surface area contributed by atoms with E-state index < -0.39 is 17.9 Å². The third-order valence-corrected chi connectivity index (χ3v) is 6.27. The molecule has 0 aliphatic heterocycles. The van der Waals surface area contributed by atoms with Gasteiger partial charge in [0.1, 0.15) is 6.04 Å². The lowest BCUT2D eigenvalue weighted by Crippen LogP contribution is -2.46. The molecule has 0 heterocycles. The van der Waals surface area contributed by atoms with Crippen molar-refractivity contribution in [3.05, 3.63) is 96.1 Å². The molecule has 33 heavy (non-hydrogen) atoms. The molecule has 0 spiro atoms. The van der Waals surface area contributed by atoms with Crippen LogP contribution >= 0.6 is 11.8 Å². The van der Waals surface area contributed by atoms with Gasteiger partial charge in [-0.25, -0.2) is 4.79 Å². The van der Waals surface area contributed by atoms with Crippen LogP contribution in [0.15, 0.2) is 84.9 Å². The maximum atomic E-state index is 13.0. The second-order valence-electron chi connectivity index (χ2n) is 7.86. The maximum absolute atomic E-state index is 13.0. The third kappa shape index (κ3) is 7.61. The second kappa shape index (κ2) is 12.0. The van der Waals surface area contributed by atoms with Crippen molar-refractivity contribution in [3.63, 3.8) is 0 Å². The summed E-state index contributed by atoms with van der Waals surface area (Å²) in [7, 11) is 0. The summed E-state index contributed by atoms with van der Waals surface area (Å²) < 4.78 is 0. The van der Waals surface area contributed by atoms with Gasteiger partial charge in [-0.2, -0.15) is 0 Å². The molecule has 1 amide bonds. The predicted octanol–water partition coefficient (Wildman–Crippen LogP) is 4.60. The van der Waals surface area contributed by atoms with Crippen molar-refractivity contribution in [1.29, 1.82) is 0 Å². The molecular formula is C27H27NO4S. The SMILES string of the molecule is CC(=O)SC[C@@H](Cc1ccccc1)C(=O)N[C@@H](Cc1ccc(-c2ccccc2)cc1)C(=O)O. The minimum atomic E-state index is -1.09. The van der Waals surface area contributed by atoms with Gasteiger partial charge in [-0.15, -0.1) is 0 Å². The normalized spacial score (nSPS) is 12.5. The minimum absolute atomic E-state index is 0.0749. The summed E-state index contributed by atoms with van der Waals surface area (Å²) in [6, 6.07) is 26.1. The van der Waals surface area contributed by atoms with Crippen LogP contribution in [-0.4, -0.2) is 33.9 Å². The zero-order valence-electron chi connectivity index (χ0n) is 18.4. The summed E-state index contributed by atoms with van der Waals surface area (Å²) in [5.74, 6) is -1.66. The van der Waals surface area contributed by atoms with Crippen molar-refractivity contribution >= 4 is 28.8 Å².